The second kappa shape index (κ2) is 9.91. The number of benzene rings is 1. The molecule has 1 amide bonds. The molecule has 2 saturated carbocycles. The molecular formula is C27H26BrN3O2. The van der Waals surface area contributed by atoms with Crippen LogP contribution in [0.15, 0.2) is 52.6 Å². The Hall–Kier alpha value is -2.93. The van der Waals surface area contributed by atoms with Gasteiger partial charge in [0, 0.05) is 5.56 Å². The Labute approximate surface area is 203 Å². The third-order valence-electron chi connectivity index (χ3n) is 6.51. The number of amides is 1. The lowest BCUT2D eigenvalue weighted by molar-refractivity contribution is -0.119. The molecular weight excluding hydrogens is 478 g/mol. The summed E-state index contributed by atoms with van der Waals surface area (Å²) in [5.41, 5.74) is 1.06. The topological polar surface area (TPSA) is 86.0 Å². The summed E-state index contributed by atoms with van der Waals surface area (Å²) >= 11 is 3.31. The van der Waals surface area contributed by atoms with Gasteiger partial charge >= 0.3 is 0 Å². The average molecular weight is 504 g/mol. The van der Waals surface area contributed by atoms with Crippen LogP contribution < -0.4 is 5.32 Å². The zero-order chi connectivity index (χ0) is 23.3. The van der Waals surface area contributed by atoms with Crippen LogP contribution in [0.5, 0.6) is 0 Å². The largest absolute Gasteiger partial charge is 0.378 e. The first-order valence-electron chi connectivity index (χ1n) is 11.3. The third kappa shape index (κ3) is 5.53. The number of carbonyl (C=O) groups excluding carboxylic acids is 1. The molecule has 6 heteroatoms. The van der Waals surface area contributed by atoms with Crippen molar-refractivity contribution in [1.82, 2.24) is 10.3 Å². The van der Waals surface area contributed by atoms with E-state index in [0.29, 0.717) is 10.3 Å². The van der Waals surface area contributed by atoms with Crippen molar-refractivity contribution >= 4 is 27.9 Å². The van der Waals surface area contributed by atoms with Crippen LogP contribution in [0.2, 0.25) is 0 Å². The molecule has 2 fully saturated rings. The van der Waals surface area contributed by atoms with Gasteiger partial charge < -0.3 is 10.4 Å². The van der Waals surface area contributed by atoms with Crippen molar-refractivity contribution in [2.24, 2.45) is 0 Å². The summed E-state index contributed by atoms with van der Waals surface area (Å²) in [4.78, 5) is 17.3. The number of nitrogens with one attached hydrogen (secondary N) is 1. The summed E-state index contributed by atoms with van der Waals surface area (Å²) < 4.78 is 0.643. The van der Waals surface area contributed by atoms with Gasteiger partial charge in [-0.3, -0.25) is 4.79 Å². The van der Waals surface area contributed by atoms with E-state index in [-0.39, 0.29) is 5.57 Å². The molecule has 0 bridgehead atoms. The van der Waals surface area contributed by atoms with E-state index < -0.39 is 17.0 Å². The molecule has 0 atom stereocenters. The van der Waals surface area contributed by atoms with Crippen LogP contribution in [-0.2, 0) is 10.3 Å². The van der Waals surface area contributed by atoms with Gasteiger partial charge in [-0.1, -0.05) is 42.9 Å². The normalized spacial score (nSPS) is 18.8. The van der Waals surface area contributed by atoms with Crippen molar-refractivity contribution in [2.75, 3.05) is 0 Å². The van der Waals surface area contributed by atoms with Crippen molar-refractivity contribution in [1.29, 1.82) is 5.26 Å². The standard InChI is InChI=1S/C27H26BrN3O2/c28-24-7-5-6-23(30-24)18-21(19-29)25(32)31-27(15-3-4-16-27)22-10-8-20(9-11-22)12-17-26(33)13-1-2-14-26/h5-11,18,33H,1-4,13-16H2,(H,31,32)/b21-18+. The van der Waals surface area contributed by atoms with Crippen molar-refractivity contribution in [3.05, 3.63) is 69.5 Å². The van der Waals surface area contributed by atoms with E-state index in [9.17, 15) is 15.2 Å². The SMILES string of the molecule is N#C/C(=C\c1cccc(Br)n1)C(=O)NC1(c2ccc(C#CC3(O)CCCC3)cc2)CCCC1. The Kier molecular flexibility index (Phi) is 6.98. The van der Waals surface area contributed by atoms with Crippen LogP contribution in [0, 0.1) is 23.2 Å². The lowest BCUT2D eigenvalue weighted by Crippen LogP contribution is -2.44. The molecule has 2 aliphatic carbocycles. The van der Waals surface area contributed by atoms with Gasteiger partial charge in [0.05, 0.1) is 11.2 Å². The van der Waals surface area contributed by atoms with Crippen molar-refractivity contribution in [2.45, 2.75) is 62.5 Å². The second-order valence-corrected chi connectivity index (χ2v) is 9.68. The Balaban J connectivity index is 1.54. The maximum atomic E-state index is 13.1. The second-order valence-electron chi connectivity index (χ2n) is 8.86. The predicted octanol–water partition coefficient (Wildman–Crippen LogP) is 4.99. The maximum Gasteiger partial charge on any atom is 0.262 e. The Morgan fingerprint density at radius 2 is 1.73 bits per heavy atom. The first-order chi connectivity index (χ1) is 15.9. The zero-order valence-electron chi connectivity index (χ0n) is 18.4. The molecule has 2 N–H and O–H groups in total. The number of aliphatic hydroxyl groups is 1. The summed E-state index contributed by atoms with van der Waals surface area (Å²) in [7, 11) is 0. The minimum atomic E-state index is -0.859. The summed E-state index contributed by atoms with van der Waals surface area (Å²) in [5, 5.41) is 23.2. The Morgan fingerprint density at radius 3 is 2.36 bits per heavy atom. The van der Waals surface area contributed by atoms with Gasteiger partial charge in [-0.05, 0) is 90.4 Å². The van der Waals surface area contributed by atoms with Crippen LogP contribution in [0.3, 0.4) is 0 Å². The smallest absolute Gasteiger partial charge is 0.262 e. The van der Waals surface area contributed by atoms with Crippen LogP contribution in [0.1, 0.15) is 68.2 Å². The van der Waals surface area contributed by atoms with Crippen molar-refractivity contribution in [3.63, 3.8) is 0 Å². The number of halogens is 1. The monoisotopic (exact) mass is 503 g/mol. The van der Waals surface area contributed by atoms with Crippen LogP contribution >= 0.6 is 15.9 Å². The fourth-order valence-corrected chi connectivity index (χ4v) is 5.05. The van der Waals surface area contributed by atoms with Gasteiger partial charge in [-0.25, -0.2) is 4.98 Å². The molecule has 5 nitrogen and oxygen atoms in total. The molecule has 1 aromatic heterocycles. The van der Waals surface area contributed by atoms with Gasteiger partial charge in [-0.2, -0.15) is 5.26 Å². The Morgan fingerprint density at radius 1 is 1.06 bits per heavy atom. The summed E-state index contributed by atoms with van der Waals surface area (Å²) in [5.74, 6) is 5.75. The summed E-state index contributed by atoms with van der Waals surface area (Å²) in [6.07, 6.45) is 8.66. The minimum absolute atomic E-state index is 0.0270. The Bertz CT molecular complexity index is 1160. The molecule has 0 radical (unpaired) electrons. The fraction of sp³-hybridized carbons (Fsp3) is 0.370. The van der Waals surface area contributed by atoms with Gasteiger partial charge in [0.15, 0.2) is 0 Å². The minimum Gasteiger partial charge on any atom is -0.378 e. The van der Waals surface area contributed by atoms with Crippen molar-refractivity contribution < 1.29 is 9.90 Å². The van der Waals surface area contributed by atoms with E-state index >= 15 is 0 Å². The first-order valence-corrected chi connectivity index (χ1v) is 12.1. The van der Waals surface area contributed by atoms with Crippen molar-refractivity contribution in [3.8, 4) is 17.9 Å². The molecule has 4 rings (SSSR count). The highest BCUT2D eigenvalue weighted by Crippen LogP contribution is 2.39. The number of pyridine rings is 1. The van der Waals surface area contributed by atoms with E-state index in [1.54, 1.807) is 12.1 Å². The van der Waals surface area contributed by atoms with Crippen LogP contribution in [0.25, 0.3) is 6.08 Å². The fourth-order valence-electron chi connectivity index (χ4n) is 4.70. The number of carbonyl (C=O) groups is 1. The predicted molar refractivity (Wildman–Crippen MR) is 131 cm³/mol. The summed E-state index contributed by atoms with van der Waals surface area (Å²) in [6, 6.07) is 15.3. The molecule has 2 aromatic rings. The van der Waals surface area contributed by atoms with E-state index in [4.69, 9.17) is 0 Å². The molecule has 1 aromatic carbocycles. The number of aromatic nitrogens is 1. The molecule has 168 valence electrons. The van der Waals surface area contributed by atoms with E-state index in [0.717, 1.165) is 62.5 Å². The van der Waals surface area contributed by atoms with Crippen LogP contribution in [-0.4, -0.2) is 21.6 Å². The number of hydrogen-bond acceptors (Lipinski definition) is 4. The van der Waals surface area contributed by atoms with Gasteiger partial charge in [-0.15, -0.1) is 0 Å². The number of nitriles is 1. The number of rotatable bonds is 4. The quantitative estimate of drug-likeness (QED) is 0.266. The molecule has 0 spiro atoms. The molecule has 1 heterocycles. The third-order valence-corrected chi connectivity index (χ3v) is 6.95. The average Bonchev–Trinajstić information content (AvgIpc) is 3.47. The number of hydrogen-bond donors (Lipinski definition) is 2. The molecule has 0 aliphatic heterocycles. The zero-order valence-corrected chi connectivity index (χ0v) is 20.0. The molecule has 0 saturated heterocycles. The van der Waals surface area contributed by atoms with Crippen LogP contribution in [0.4, 0.5) is 0 Å². The highest BCUT2D eigenvalue weighted by atomic mass is 79.9. The first kappa shape index (κ1) is 23.2. The molecule has 0 unspecified atom stereocenters. The van der Waals surface area contributed by atoms with E-state index in [2.05, 4.69) is 38.1 Å². The van der Waals surface area contributed by atoms with Gasteiger partial charge in [0.2, 0.25) is 0 Å². The maximum absolute atomic E-state index is 13.1. The lowest BCUT2D eigenvalue weighted by atomic mass is 9.87. The number of nitrogens with zero attached hydrogens (tertiary/aromatic N) is 2. The molecule has 2 aliphatic rings. The highest BCUT2D eigenvalue weighted by molar-refractivity contribution is 9.10. The summed E-state index contributed by atoms with van der Waals surface area (Å²) in [6.45, 7) is 0. The van der Waals surface area contributed by atoms with E-state index in [1.807, 2.05) is 36.4 Å². The van der Waals surface area contributed by atoms with Gasteiger partial charge in [0.25, 0.3) is 5.91 Å². The lowest BCUT2D eigenvalue weighted by Gasteiger charge is -2.31. The highest BCUT2D eigenvalue weighted by Gasteiger charge is 2.37. The molecule has 33 heavy (non-hydrogen) atoms. The van der Waals surface area contributed by atoms with Gasteiger partial charge in [0.1, 0.15) is 21.8 Å². The van der Waals surface area contributed by atoms with E-state index in [1.165, 1.54) is 6.08 Å².